The van der Waals surface area contributed by atoms with E-state index in [1.54, 1.807) is 41.2 Å². The average Bonchev–Trinajstić information content (AvgIpc) is 3.14. The van der Waals surface area contributed by atoms with Crippen LogP contribution in [0.4, 0.5) is 5.82 Å². The smallest absolute Gasteiger partial charge is 0.225 e. The molecule has 0 unspecified atom stereocenters. The summed E-state index contributed by atoms with van der Waals surface area (Å²) >= 11 is 3.53. The van der Waals surface area contributed by atoms with Gasteiger partial charge in [0.1, 0.15) is 11.6 Å². The number of carbonyl (C=O) groups excluding carboxylic acids is 2. The van der Waals surface area contributed by atoms with Crippen LogP contribution in [0.25, 0.3) is 0 Å². The van der Waals surface area contributed by atoms with Gasteiger partial charge in [-0.3, -0.25) is 9.59 Å². The SMILES string of the molecule is CC(=O)c1ccc(OCCCC(=O)Nc2ccnn2Cc2ccccc2Br)cc1. The highest BCUT2D eigenvalue weighted by Crippen LogP contribution is 2.19. The number of ether oxygens (including phenoxy) is 1. The van der Waals surface area contributed by atoms with Crippen LogP contribution in [0.5, 0.6) is 5.75 Å². The van der Waals surface area contributed by atoms with Gasteiger partial charge in [-0.25, -0.2) is 4.68 Å². The number of hydrogen-bond acceptors (Lipinski definition) is 4. The standard InChI is InChI=1S/C22H22BrN3O3/c1-16(27)17-8-10-19(11-9-17)29-14-4-7-22(28)25-21-12-13-24-26(21)15-18-5-2-3-6-20(18)23/h2-3,5-6,8-13H,4,7,14-15H2,1H3,(H,25,28). The van der Waals surface area contributed by atoms with Gasteiger partial charge in [0, 0.05) is 22.5 Å². The molecule has 150 valence electrons. The van der Waals surface area contributed by atoms with Gasteiger partial charge < -0.3 is 10.1 Å². The molecule has 0 saturated heterocycles. The van der Waals surface area contributed by atoms with E-state index in [9.17, 15) is 9.59 Å². The molecule has 0 bridgehead atoms. The Labute approximate surface area is 178 Å². The highest BCUT2D eigenvalue weighted by atomic mass is 79.9. The van der Waals surface area contributed by atoms with Crippen molar-refractivity contribution in [2.75, 3.05) is 11.9 Å². The van der Waals surface area contributed by atoms with Crippen molar-refractivity contribution in [3.63, 3.8) is 0 Å². The molecule has 0 saturated carbocycles. The molecule has 7 heteroatoms. The van der Waals surface area contributed by atoms with E-state index in [2.05, 4.69) is 26.3 Å². The maximum Gasteiger partial charge on any atom is 0.225 e. The normalized spacial score (nSPS) is 10.6. The molecular weight excluding hydrogens is 434 g/mol. The molecule has 3 aromatic rings. The third kappa shape index (κ3) is 6.02. The number of ketones is 1. The minimum Gasteiger partial charge on any atom is -0.494 e. The summed E-state index contributed by atoms with van der Waals surface area (Å²) in [6.45, 7) is 2.51. The Morgan fingerprint density at radius 1 is 1.10 bits per heavy atom. The first-order valence-corrected chi connectivity index (χ1v) is 10.1. The maximum atomic E-state index is 12.3. The topological polar surface area (TPSA) is 73.2 Å². The van der Waals surface area contributed by atoms with Gasteiger partial charge in [-0.2, -0.15) is 5.10 Å². The lowest BCUT2D eigenvalue weighted by atomic mass is 10.1. The Kier molecular flexibility index (Phi) is 7.19. The summed E-state index contributed by atoms with van der Waals surface area (Å²) in [7, 11) is 0. The number of carbonyl (C=O) groups is 2. The fraction of sp³-hybridized carbons (Fsp3) is 0.227. The van der Waals surface area contributed by atoms with E-state index in [1.807, 2.05) is 24.3 Å². The van der Waals surface area contributed by atoms with Crippen molar-refractivity contribution in [2.24, 2.45) is 0 Å². The van der Waals surface area contributed by atoms with Gasteiger partial charge in [-0.05, 0) is 49.2 Å². The third-order valence-corrected chi connectivity index (χ3v) is 5.11. The summed E-state index contributed by atoms with van der Waals surface area (Å²) < 4.78 is 8.38. The Hall–Kier alpha value is -2.93. The summed E-state index contributed by atoms with van der Waals surface area (Å²) in [5.74, 6) is 1.27. The third-order valence-electron chi connectivity index (χ3n) is 4.34. The molecule has 2 aromatic carbocycles. The number of rotatable bonds is 9. The molecule has 0 atom stereocenters. The summed E-state index contributed by atoms with van der Waals surface area (Å²) in [6.07, 6.45) is 2.59. The molecule has 1 aromatic heterocycles. The number of nitrogens with one attached hydrogen (secondary N) is 1. The summed E-state index contributed by atoms with van der Waals surface area (Å²) in [4.78, 5) is 23.5. The van der Waals surface area contributed by atoms with Crippen LogP contribution < -0.4 is 10.1 Å². The lowest BCUT2D eigenvalue weighted by Crippen LogP contribution is -2.16. The zero-order chi connectivity index (χ0) is 20.6. The van der Waals surface area contributed by atoms with E-state index in [1.165, 1.54) is 6.92 Å². The maximum absolute atomic E-state index is 12.3. The molecule has 1 amide bonds. The number of amides is 1. The second kappa shape index (κ2) is 10.0. The van der Waals surface area contributed by atoms with E-state index >= 15 is 0 Å². The number of aromatic nitrogens is 2. The van der Waals surface area contributed by atoms with E-state index < -0.39 is 0 Å². The van der Waals surface area contributed by atoms with Crippen molar-refractivity contribution in [3.8, 4) is 5.75 Å². The van der Waals surface area contributed by atoms with Crippen molar-refractivity contribution < 1.29 is 14.3 Å². The first kappa shape index (κ1) is 20.8. The second-order valence-electron chi connectivity index (χ2n) is 6.55. The minimum atomic E-state index is -0.0885. The summed E-state index contributed by atoms with van der Waals surface area (Å²) in [6, 6.07) is 16.7. The zero-order valence-electron chi connectivity index (χ0n) is 16.1. The number of Topliss-reactive ketones (excluding diaryl/α,β-unsaturated/α-hetero) is 1. The number of hydrogen-bond donors (Lipinski definition) is 1. The molecule has 0 radical (unpaired) electrons. The molecule has 0 aliphatic heterocycles. The molecule has 0 spiro atoms. The average molecular weight is 456 g/mol. The zero-order valence-corrected chi connectivity index (χ0v) is 17.7. The van der Waals surface area contributed by atoms with E-state index in [0.717, 1.165) is 10.0 Å². The van der Waals surface area contributed by atoms with Crippen LogP contribution >= 0.6 is 15.9 Å². The van der Waals surface area contributed by atoms with Gasteiger partial charge in [0.2, 0.25) is 5.91 Å². The van der Waals surface area contributed by atoms with Crippen molar-refractivity contribution in [1.29, 1.82) is 0 Å². The molecule has 1 heterocycles. The molecule has 0 fully saturated rings. The van der Waals surface area contributed by atoms with Gasteiger partial charge in [0.25, 0.3) is 0 Å². The van der Waals surface area contributed by atoms with Crippen molar-refractivity contribution in [3.05, 3.63) is 76.4 Å². The molecular formula is C22H22BrN3O3. The Morgan fingerprint density at radius 2 is 1.86 bits per heavy atom. The van der Waals surface area contributed by atoms with Crippen LogP contribution in [0.1, 0.15) is 35.7 Å². The van der Waals surface area contributed by atoms with Crippen LogP contribution in [0.3, 0.4) is 0 Å². The summed E-state index contributed by atoms with van der Waals surface area (Å²) in [5.41, 5.74) is 1.73. The molecule has 6 nitrogen and oxygen atoms in total. The summed E-state index contributed by atoms with van der Waals surface area (Å²) in [5, 5.41) is 7.20. The van der Waals surface area contributed by atoms with E-state index in [4.69, 9.17) is 4.74 Å². The molecule has 1 N–H and O–H groups in total. The van der Waals surface area contributed by atoms with Gasteiger partial charge >= 0.3 is 0 Å². The van der Waals surface area contributed by atoms with Crippen molar-refractivity contribution in [2.45, 2.75) is 26.3 Å². The molecule has 0 aliphatic rings. The predicted molar refractivity (Wildman–Crippen MR) is 115 cm³/mol. The highest BCUT2D eigenvalue weighted by Gasteiger charge is 2.09. The quantitative estimate of drug-likeness (QED) is 0.375. The lowest BCUT2D eigenvalue weighted by molar-refractivity contribution is -0.116. The van der Waals surface area contributed by atoms with Gasteiger partial charge in [0.05, 0.1) is 19.3 Å². The molecule has 3 rings (SSSR count). The van der Waals surface area contributed by atoms with Crippen LogP contribution in [-0.2, 0) is 11.3 Å². The fourth-order valence-corrected chi connectivity index (χ4v) is 3.18. The first-order valence-electron chi connectivity index (χ1n) is 9.32. The van der Waals surface area contributed by atoms with Gasteiger partial charge in [0.15, 0.2) is 5.78 Å². The van der Waals surface area contributed by atoms with Crippen molar-refractivity contribution >= 4 is 33.4 Å². The molecule has 0 aliphatic carbocycles. The second-order valence-corrected chi connectivity index (χ2v) is 7.40. The Morgan fingerprint density at radius 3 is 2.59 bits per heavy atom. The monoisotopic (exact) mass is 455 g/mol. The Bertz CT molecular complexity index is 983. The number of nitrogens with zero attached hydrogens (tertiary/aromatic N) is 2. The van der Waals surface area contributed by atoms with Gasteiger partial charge in [-0.1, -0.05) is 34.1 Å². The predicted octanol–water partition coefficient (Wildman–Crippen LogP) is 4.69. The first-order chi connectivity index (χ1) is 14.0. The van der Waals surface area contributed by atoms with Crippen molar-refractivity contribution in [1.82, 2.24) is 9.78 Å². The van der Waals surface area contributed by atoms with Crippen LogP contribution in [-0.4, -0.2) is 28.1 Å². The van der Waals surface area contributed by atoms with Crippen LogP contribution in [0, 0.1) is 0 Å². The minimum absolute atomic E-state index is 0.0204. The highest BCUT2D eigenvalue weighted by molar-refractivity contribution is 9.10. The number of halogens is 1. The number of anilines is 1. The van der Waals surface area contributed by atoms with E-state index in [0.29, 0.717) is 43.1 Å². The Balaban J connectivity index is 1.45. The van der Waals surface area contributed by atoms with Gasteiger partial charge in [-0.15, -0.1) is 0 Å². The van der Waals surface area contributed by atoms with Crippen LogP contribution in [0.15, 0.2) is 65.3 Å². The van der Waals surface area contributed by atoms with Crippen LogP contribution in [0.2, 0.25) is 0 Å². The largest absolute Gasteiger partial charge is 0.494 e. The fourth-order valence-electron chi connectivity index (χ4n) is 2.77. The van der Waals surface area contributed by atoms with E-state index in [-0.39, 0.29) is 11.7 Å². The lowest BCUT2D eigenvalue weighted by Gasteiger charge is -2.10. The molecule has 29 heavy (non-hydrogen) atoms. The number of benzene rings is 2.